The van der Waals surface area contributed by atoms with Crippen molar-refractivity contribution in [1.29, 1.82) is 0 Å². The van der Waals surface area contributed by atoms with Gasteiger partial charge in [0, 0.05) is 13.2 Å². The summed E-state index contributed by atoms with van der Waals surface area (Å²) in [5.41, 5.74) is 2.01. The topological polar surface area (TPSA) is 55.1 Å². The van der Waals surface area contributed by atoms with Crippen molar-refractivity contribution in [2.24, 2.45) is 13.0 Å². The van der Waals surface area contributed by atoms with Crippen molar-refractivity contribution < 1.29 is 9.90 Å². The van der Waals surface area contributed by atoms with E-state index in [1.165, 1.54) is 0 Å². The SMILES string of the molecule is Cn1cc(CC(Cc2ccccc2)C(=O)O)cn1. The number of benzene rings is 1. The molecule has 1 N–H and O–H groups in total. The Morgan fingerprint density at radius 1 is 1.28 bits per heavy atom. The van der Waals surface area contributed by atoms with Crippen LogP contribution in [0.3, 0.4) is 0 Å². The maximum absolute atomic E-state index is 11.3. The number of aryl methyl sites for hydroxylation is 1. The summed E-state index contributed by atoms with van der Waals surface area (Å²) in [6, 6.07) is 9.70. The van der Waals surface area contributed by atoms with Crippen LogP contribution in [0.2, 0.25) is 0 Å². The fourth-order valence-corrected chi connectivity index (χ4v) is 2.01. The first kappa shape index (κ1) is 12.4. The number of carboxylic acid groups (broad SMARTS) is 1. The first-order valence-electron chi connectivity index (χ1n) is 5.89. The third-order valence-electron chi connectivity index (χ3n) is 2.91. The highest BCUT2D eigenvalue weighted by molar-refractivity contribution is 5.70. The van der Waals surface area contributed by atoms with Crippen LogP contribution in [0.4, 0.5) is 0 Å². The lowest BCUT2D eigenvalue weighted by Gasteiger charge is -2.11. The number of aliphatic carboxylic acids is 1. The second-order valence-electron chi connectivity index (χ2n) is 4.45. The number of hydrogen-bond acceptors (Lipinski definition) is 2. The summed E-state index contributed by atoms with van der Waals surface area (Å²) < 4.78 is 1.69. The maximum Gasteiger partial charge on any atom is 0.307 e. The van der Waals surface area contributed by atoms with Crippen molar-refractivity contribution in [1.82, 2.24) is 9.78 Å². The Hall–Kier alpha value is -2.10. The van der Waals surface area contributed by atoms with Crippen LogP contribution < -0.4 is 0 Å². The lowest BCUT2D eigenvalue weighted by Crippen LogP contribution is -2.19. The number of rotatable bonds is 5. The molecule has 0 aliphatic carbocycles. The van der Waals surface area contributed by atoms with Gasteiger partial charge in [0.15, 0.2) is 0 Å². The minimum absolute atomic E-state index is 0.406. The van der Waals surface area contributed by atoms with Crippen LogP contribution in [0.25, 0.3) is 0 Å². The Bertz CT molecular complexity index is 520. The van der Waals surface area contributed by atoms with Gasteiger partial charge >= 0.3 is 5.97 Å². The molecule has 4 heteroatoms. The summed E-state index contributed by atoms with van der Waals surface area (Å²) in [6.07, 6.45) is 4.64. The van der Waals surface area contributed by atoms with E-state index in [4.69, 9.17) is 0 Å². The minimum Gasteiger partial charge on any atom is -0.481 e. The molecule has 2 aromatic rings. The minimum atomic E-state index is -0.761. The molecule has 1 heterocycles. The van der Waals surface area contributed by atoms with Gasteiger partial charge in [-0.1, -0.05) is 30.3 Å². The smallest absolute Gasteiger partial charge is 0.307 e. The van der Waals surface area contributed by atoms with Crippen LogP contribution in [-0.2, 0) is 24.7 Å². The van der Waals surface area contributed by atoms with Crippen LogP contribution in [0.15, 0.2) is 42.7 Å². The van der Waals surface area contributed by atoms with Crippen LogP contribution in [0, 0.1) is 5.92 Å². The Kier molecular flexibility index (Phi) is 3.77. The zero-order valence-electron chi connectivity index (χ0n) is 10.3. The van der Waals surface area contributed by atoms with Crippen molar-refractivity contribution in [2.75, 3.05) is 0 Å². The van der Waals surface area contributed by atoms with E-state index in [1.54, 1.807) is 10.9 Å². The van der Waals surface area contributed by atoms with Gasteiger partial charge in [-0.15, -0.1) is 0 Å². The van der Waals surface area contributed by atoms with E-state index in [2.05, 4.69) is 5.10 Å². The molecule has 0 bridgehead atoms. The number of aromatic nitrogens is 2. The zero-order valence-corrected chi connectivity index (χ0v) is 10.3. The number of hydrogen-bond donors (Lipinski definition) is 1. The molecule has 1 atom stereocenters. The molecular formula is C14H16N2O2. The normalized spacial score (nSPS) is 12.3. The number of nitrogens with zero attached hydrogens (tertiary/aromatic N) is 2. The van der Waals surface area contributed by atoms with Gasteiger partial charge in [-0.3, -0.25) is 9.48 Å². The molecule has 0 amide bonds. The first-order valence-corrected chi connectivity index (χ1v) is 5.89. The van der Waals surface area contributed by atoms with E-state index in [9.17, 15) is 9.90 Å². The molecule has 94 valence electrons. The summed E-state index contributed by atoms with van der Waals surface area (Å²) in [7, 11) is 1.83. The van der Waals surface area contributed by atoms with Crippen molar-refractivity contribution in [3.8, 4) is 0 Å². The lowest BCUT2D eigenvalue weighted by atomic mass is 9.94. The second kappa shape index (κ2) is 5.49. The van der Waals surface area contributed by atoms with Crippen LogP contribution in [0.1, 0.15) is 11.1 Å². The van der Waals surface area contributed by atoms with Gasteiger partial charge in [0.05, 0.1) is 12.1 Å². The highest BCUT2D eigenvalue weighted by Crippen LogP contribution is 2.14. The summed E-state index contributed by atoms with van der Waals surface area (Å²) in [5.74, 6) is -1.17. The van der Waals surface area contributed by atoms with Crippen LogP contribution in [-0.4, -0.2) is 20.9 Å². The molecule has 0 fully saturated rings. The van der Waals surface area contributed by atoms with Gasteiger partial charge in [0.25, 0.3) is 0 Å². The summed E-state index contributed by atoms with van der Waals surface area (Å²) in [4.78, 5) is 11.3. The number of carbonyl (C=O) groups is 1. The molecule has 0 saturated carbocycles. The van der Waals surface area contributed by atoms with Gasteiger partial charge in [-0.05, 0) is 24.0 Å². The van der Waals surface area contributed by atoms with Crippen molar-refractivity contribution in [2.45, 2.75) is 12.8 Å². The van der Waals surface area contributed by atoms with Gasteiger partial charge < -0.3 is 5.11 Å². The quantitative estimate of drug-likeness (QED) is 0.874. The average Bonchev–Trinajstić information content (AvgIpc) is 2.75. The summed E-state index contributed by atoms with van der Waals surface area (Å²) >= 11 is 0. The average molecular weight is 244 g/mol. The summed E-state index contributed by atoms with van der Waals surface area (Å²) in [6.45, 7) is 0. The molecule has 0 saturated heterocycles. The molecule has 4 nitrogen and oxygen atoms in total. The van der Waals surface area contributed by atoms with E-state index in [0.29, 0.717) is 12.8 Å². The molecule has 0 spiro atoms. The molecule has 0 aliphatic rings. The Labute approximate surface area is 106 Å². The van der Waals surface area contributed by atoms with Gasteiger partial charge in [0.2, 0.25) is 0 Å². The van der Waals surface area contributed by atoms with Crippen molar-refractivity contribution >= 4 is 5.97 Å². The first-order chi connectivity index (χ1) is 8.65. The number of carboxylic acids is 1. The van der Waals surface area contributed by atoms with Crippen LogP contribution in [0.5, 0.6) is 0 Å². The largest absolute Gasteiger partial charge is 0.481 e. The lowest BCUT2D eigenvalue weighted by molar-refractivity contribution is -0.141. The highest BCUT2D eigenvalue weighted by atomic mass is 16.4. The van der Waals surface area contributed by atoms with Gasteiger partial charge in [-0.25, -0.2) is 0 Å². The Balaban J connectivity index is 2.07. The molecular weight excluding hydrogens is 228 g/mol. The third kappa shape index (κ3) is 3.20. The Morgan fingerprint density at radius 2 is 1.94 bits per heavy atom. The standard InChI is InChI=1S/C14H16N2O2/c1-16-10-12(9-15-16)8-13(14(17)18)7-11-5-3-2-4-6-11/h2-6,9-10,13H,7-8H2,1H3,(H,17,18). The monoisotopic (exact) mass is 244 g/mol. The second-order valence-corrected chi connectivity index (χ2v) is 4.45. The zero-order chi connectivity index (χ0) is 13.0. The highest BCUT2D eigenvalue weighted by Gasteiger charge is 2.19. The molecule has 0 aliphatic heterocycles. The molecule has 1 aromatic heterocycles. The summed E-state index contributed by atoms with van der Waals surface area (Å²) in [5, 5.41) is 13.3. The van der Waals surface area contributed by atoms with E-state index in [0.717, 1.165) is 11.1 Å². The van der Waals surface area contributed by atoms with Gasteiger partial charge in [0.1, 0.15) is 0 Å². The van der Waals surface area contributed by atoms with Gasteiger partial charge in [-0.2, -0.15) is 5.10 Å². The van der Waals surface area contributed by atoms with E-state index < -0.39 is 11.9 Å². The fourth-order valence-electron chi connectivity index (χ4n) is 2.01. The third-order valence-corrected chi connectivity index (χ3v) is 2.91. The molecule has 2 rings (SSSR count). The fraction of sp³-hybridized carbons (Fsp3) is 0.286. The predicted molar refractivity (Wildman–Crippen MR) is 68.2 cm³/mol. The Morgan fingerprint density at radius 3 is 2.50 bits per heavy atom. The van der Waals surface area contributed by atoms with E-state index >= 15 is 0 Å². The molecule has 1 unspecified atom stereocenters. The molecule has 0 radical (unpaired) electrons. The molecule has 18 heavy (non-hydrogen) atoms. The molecule has 1 aromatic carbocycles. The van der Waals surface area contributed by atoms with E-state index in [1.807, 2.05) is 43.6 Å². The predicted octanol–water partition coefficient (Wildman–Crippen LogP) is 1.91. The van der Waals surface area contributed by atoms with E-state index in [-0.39, 0.29) is 0 Å². The van der Waals surface area contributed by atoms with Crippen molar-refractivity contribution in [3.05, 3.63) is 53.9 Å². The maximum atomic E-state index is 11.3. The van der Waals surface area contributed by atoms with Crippen molar-refractivity contribution in [3.63, 3.8) is 0 Å². The van der Waals surface area contributed by atoms with Crippen LogP contribution >= 0.6 is 0 Å².